The van der Waals surface area contributed by atoms with Crippen molar-refractivity contribution in [3.8, 4) is 44.5 Å². The number of fused-ring (bicyclic) bond motifs is 5. The van der Waals surface area contributed by atoms with Crippen LogP contribution in [0.4, 0.5) is 17.1 Å². The molecule has 1 aromatic heterocycles. The van der Waals surface area contributed by atoms with Crippen LogP contribution in [0.25, 0.3) is 88.0 Å². The third kappa shape index (κ3) is 6.00. The summed E-state index contributed by atoms with van der Waals surface area (Å²) < 4.78 is 6.30. The van der Waals surface area contributed by atoms with Crippen LogP contribution in [-0.2, 0) is 0 Å². The molecular formula is C56H37NO. The Hall–Kier alpha value is -7.68. The standard InChI is InChI=1S/C56H37NO/c1-2-13-43-35-45(30-27-38(43)11-1)40-31-33-47(34-32-40)57(49-18-8-16-46(37-49)52-22-10-24-55-56(52)53-20-5-6-23-54(53)58-55)48-17-7-15-44(36-48)39-25-28-42(29-26-39)51-21-9-14-41-12-3-4-19-50(41)51/h1-37H. The molecule has 0 N–H and O–H groups in total. The van der Waals surface area contributed by atoms with Gasteiger partial charge in [-0.05, 0) is 121 Å². The van der Waals surface area contributed by atoms with Crippen molar-refractivity contribution in [3.63, 3.8) is 0 Å². The molecule has 58 heavy (non-hydrogen) atoms. The molecule has 0 atom stereocenters. The molecule has 10 aromatic carbocycles. The predicted molar refractivity (Wildman–Crippen MR) is 245 cm³/mol. The largest absolute Gasteiger partial charge is 0.456 e. The Morgan fingerprint density at radius 2 is 0.810 bits per heavy atom. The van der Waals surface area contributed by atoms with Crippen molar-refractivity contribution < 1.29 is 4.42 Å². The Kier molecular flexibility index (Phi) is 8.19. The number of rotatable bonds is 7. The Labute approximate surface area is 337 Å². The van der Waals surface area contributed by atoms with Gasteiger partial charge in [0.15, 0.2) is 0 Å². The molecule has 0 saturated heterocycles. The normalized spacial score (nSPS) is 11.4. The van der Waals surface area contributed by atoms with E-state index in [1.165, 1.54) is 49.4 Å². The lowest BCUT2D eigenvalue weighted by Crippen LogP contribution is -2.10. The molecule has 0 aliphatic carbocycles. The number of furan rings is 1. The highest BCUT2D eigenvalue weighted by atomic mass is 16.3. The number of nitrogens with zero attached hydrogens (tertiary/aromatic N) is 1. The maximum atomic E-state index is 6.30. The summed E-state index contributed by atoms with van der Waals surface area (Å²) in [6.07, 6.45) is 0. The molecule has 0 aliphatic rings. The number of hydrogen-bond donors (Lipinski definition) is 0. The zero-order valence-electron chi connectivity index (χ0n) is 31.7. The average Bonchev–Trinajstić information content (AvgIpc) is 3.68. The molecule has 0 aliphatic heterocycles. The quantitative estimate of drug-likeness (QED) is 0.162. The molecule has 2 nitrogen and oxygen atoms in total. The van der Waals surface area contributed by atoms with Crippen LogP contribution >= 0.6 is 0 Å². The summed E-state index contributed by atoms with van der Waals surface area (Å²) in [5.41, 5.74) is 14.5. The lowest BCUT2D eigenvalue weighted by Gasteiger charge is -2.27. The van der Waals surface area contributed by atoms with Gasteiger partial charge in [-0.3, -0.25) is 0 Å². The van der Waals surface area contributed by atoms with Gasteiger partial charge < -0.3 is 9.32 Å². The van der Waals surface area contributed by atoms with Crippen molar-refractivity contribution in [2.24, 2.45) is 0 Å². The highest BCUT2D eigenvalue weighted by molar-refractivity contribution is 6.12. The first-order valence-electron chi connectivity index (χ1n) is 19.8. The fourth-order valence-electron chi connectivity index (χ4n) is 8.59. The van der Waals surface area contributed by atoms with Crippen LogP contribution in [0.2, 0.25) is 0 Å². The molecule has 0 bridgehead atoms. The zero-order valence-corrected chi connectivity index (χ0v) is 31.7. The van der Waals surface area contributed by atoms with Gasteiger partial charge in [0, 0.05) is 27.8 Å². The summed E-state index contributed by atoms with van der Waals surface area (Å²) in [4.78, 5) is 2.37. The van der Waals surface area contributed by atoms with Crippen LogP contribution in [0.1, 0.15) is 0 Å². The van der Waals surface area contributed by atoms with Crippen LogP contribution in [0.15, 0.2) is 229 Å². The lowest BCUT2D eigenvalue weighted by molar-refractivity contribution is 0.669. The molecular weight excluding hydrogens is 703 g/mol. The van der Waals surface area contributed by atoms with E-state index in [4.69, 9.17) is 4.42 Å². The second-order valence-corrected chi connectivity index (χ2v) is 14.9. The summed E-state index contributed by atoms with van der Waals surface area (Å²) in [5, 5.41) is 7.26. The van der Waals surface area contributed by atoms with Crippen molar-refractivity contribution in [3.05, 3.63) is 224 Å². The molecule has 0 amide bonds. The van der Waals surface area contributed by atoms with Crippen molar-refractivity contribution in [1.29, 1.82) is 0 Å². The number of anilines is 3. The lowest BCUT2D eigenvalue weighted by atomic mass is 9.96. The van der Waals surface area contributed by atoms with Crippen LogP contribution < -0.4 is 4.90 Å². The second-order valence-electron chi connectivity index (χ2n) is 14.9. The van der Waals surface area contributed by atoms with Gasteiger partial charge in [0.25, 0.3) is 0 Å². The summed E-state index contributed by atoms with van der Waals surface area (Å²) in [6.45, 7) is 0. The van der Waals surface area contributed by atoms with Crippen LogP contribution in [0.3, 0.4) is 0 Å². The molecule has 0 fully saturated rings. The molecule has 0 spiro atoms. The first-order valence-corrected chi connectivity index (χ1v) is 19.8. The SMILES string of the molecule is c1cc(-c2ccc(-c3cccc4ccccc34)cc2)cc(N(c2ccc(-c3ccc4ccccc4c3)cc2)c2cccc(-c3cccc4oc5ccccc5c34)c2)c1. The molecule has 0 saturated carbocycles. The second kappa shape index (κ2) is 14.1. The van der Waals surface area contributed by atoms with Gasteiger partial charge in [0.2, 0.25) is 0 Å². The topological polar surface area (TPSA) is 16.4 Å². The average molecular weight is 740 g/mol. The third-order valence-corrected chi connectivity index (χ3v) is 11.4. The van der Waals surface area contributed by atoms with Crippen molar-refractivity contribution in [2.75, 3.05) is 4.90 Å². The number of benzene rings is 10. The summed E-state index contributed by atoms with van der Waals surface area (Å²) in [7, 11) is 0. The van der Waals surface area contributed by atoms with Crippen molar-refractivity contribution >= 4 is 60.5 Å². The van der Waals surface area contributed by atoms with E-state index in [0.717, 1.165) is 55.7 Å². The van der Waals surface area contributed by atoms with Gasteiger partial charge in [-0.15, -0.1) is 0 Å². The third-order valence-electron chi connectivity index (χ3n) is 11.4. The number of para-hydroxylation sites is 1. The maximum absolute atomic E-state index is 6.30. The van der Waals surface area contributed by atoms with Crippen LogP contribution in [0, 0.1) is 0 Å². The van der Waals surface area contributed by atoms with E-state index in [1.807, 2.05) is 12.1 Å². The molecule has 272 valence electrons. The van der Waals surface area contributed by atoms with E-state index in [0.29, 0.717) is 0 Å². The minimum atomic E-state index is 0.893. The van der Waals surface area contributed by atoms with Gasteiger partial charge >= 0.3 is 0 Å². The van der Waals surface area contributed by atoms with E-state index in [1.54, 1.807) is 0 Å². The molecule has 1 heterocycles. The fourth-order valence-corrected chi connectivity index (χ4v) is 8.59. The Bertz CT molecular complexity index is 3280. The highest BCUT2D eigenvalue weighted by Gasteiger charge is 2.17. The van der Waals surface area contributed by atoms with Gasteiger partial charge in [0.1, 0.15) is 11.2 Å². The fraction of sp³-hybridized carbons (Fsp3) is 0. The van der Waals surface area contributed by atoms with E-state index in [-0.39, 0.29) is 0 Å². The Morgan fingerprint density at radius 1 is 0.276 bits per heavy atom. The highest BCUT2D eigenvalue weighted by Crippen LogP contribution is 2.42. The Morgan fingerprint density at radius 3 is 1.62 bits per heavy atom. The van der Waals surface area contributed by atoms with Gasteiger partial charge in [-0.25, -0.2) is 0 Å². The molecule has 0 radical (unpaired) electrons. The van der Waals surface area contributed by atoms with Crippen molar-refractivity contribution in [1.82, 2.24) is 0 Å². The summed E-state index contributed by atoms with van der Waals surface area (Å²) >= 11 is 0. The van der Waals surface area contributed by atoms with Gasteiger partial charge in [-0.1, -0.05) is 170 Å². The first kappa shape index (κ1) is 33.6. The minimum absolute atomic E-state index is 0.893. The van der Waals surface area contributed by atoms with Gasteiger partial charge in [0.05, 0.1) is 0 Å². The molecule has 11 aromatic rings. The van der Waals surface area contributed by atoms with E-state index in [2.05, 4.69) is 217 Å². The molecule has 0 unspecified atom stereocenters. The van der Waals surface area contributed by atoms with Crippen molar-refractivity contribution in [2.45, 2.75) is 0 Å². The summed E-state index contributed by atoms with van der Waals surface area (Å²) in [6, 6.07) is 80.8. The number of hydrogen-bond acceptors (Lipinski definition) is 2. The smallest absolute Gasteiger partial charge is 0.136 e. The Balaban J connectivity index is 1.01. The monoisotopic (exact) mass is 739 g/mol. The predicted octanol–water partition coefficient (Wildman–Crippen LogP) is 16.0. The van der Waals surface area contributed by atoms with Gasteiger partial charge in [-0.2, -0.15) is 0 Å². The summed E-state index contributed by atoms with van der Waals surface area (Å²) in [5.74, 6) is 0. The van der Waals surface area contributed by atoms with E-state index in [9.17, 15) is 0 Å². The molecule has 2 heteroatoms. The van der Waals surface area contributed by atoms with E-state index < -0.39 is 0 Å². The maximum Gasteiger partial charge on any atom is 0.136 e. The molecule has 11 rings (SSSR count). The first-order chi connectivity index (χ1) is 28.7. The van der Waals surface area contributed by atoms with E-state index >= 15 is 0 Å². The minimum Gasteiger partial charge on any atom is -0.456 e. The van der Waals surface area contributed by atoms with Crippen LogP contribution in [0.5, 0.6) is 0 Å². The van der Waals surface area contributed by atoms with Crippen LogP contribution in [-0.4, -0.2) is 0 Å². The zero-order chi connectivity index (χ0) is 38.4.